The van der Waals surface area contributed by atoms with Crippen LogP contribution >= 0.6 is 15.9 Å². The van der Waals surface area contributed by atoms with Crippen molar-refractivity contribution in [2.45, 2.75) is 13.5 Å². The average molecular weight is 420 g/mol. The molecule has 4 rings (SSSR count). The molecule has 4 nitrogen and oxygen atoms in total. The number of allylic oxidation sites excluding steroid dienone is 2. The highest BCUT2D eigenvalue weighted by molar-refractivity contribution is 9.10. The van der Waals surface area contributed by atoms with E-state index in [0.29, 0.717) is 12.1 Å². The van der Waals surface area contributed by atoms with Crippen molar-refractivity contribution in [1.82, 2.24) is 14.2 Å². The molecule has 0 saturated carbocycles. The van der Waals surface area contributed by atoms with E-state index in [-0.39, 0.29) is 5.78 Å². The maximum Gasteiger partial charge on any atom is 0.191 e. The number of carbonyl (C=O) groups is 1. The van der Waals surface area contributed by atoms with Crippen LogP contribution in [0.2, 0.25) is 0 Å². The first-order chi connectivity index (χ1) is 13.1. The van der Waals surface area contributed by atoms with Crippen molar-refractivity contribution in [3.63, 3.8) is 0 Å². The summed E-state index contributed by atoms with van der Waals surface area (Å²) in [7, 11) is 0. The van der Waals surface area contributed by atoms with Crippen LogP contribution in [0.1, 0.15) is 21.6 Å². The molecule has 0 aliphatic carbocycles. The van der Waals surface area contributed by atoms with E-state index in [1.165, 1.54) is 0 Å². The molecule has 0 aliphatic heterocycles. The lowest BCUT2D eigenvalue weighted by molar-refractivity contribution is 0.104. The molecule has 2 aromatic carbocycles. The summed E-state index contributed by atoms with van der Waals surface area (Å²) in [5, 5.41) is 4.63. The Morgan fingerprint density at radius 1 is 1.19 bits per heavy atom. The van der Waals surface area contributed by atoms with Crippen LogP contribution in [0.5, 0.6) is 0 Å². The van der Waals surface area contributed by atoms with E-state index in [2.05, 4.69) is 32.2 Å². The molecule has 0 N–H and O–H groups in total. The quantitative estimate of drug-likeness (QED) is 0.245. The molecule has 0 fully saturated rings. The Kier molecular flexibility index (Phi) is 4.54. The van der Waals surface area contributed by atoms with Gasteiger partial charge >= 0.3 is 0 Å². The lowest BCUT2D eigenvalue weighted by Gasteiger charge is -2.03. The molecule has 134 valence electrons. The van der Waals surface area contributed by atoms with Gasteiger partial charge in [-0.15, -0.1) is 6.58 Å². The van der Waals surface area contributed by atoms with Gasteiger partial charge in [0.1, 0.15) is 5.65 Å². The summed E-state index contributed by atoms with van der Waals surface area (Å²) in [5.74, 6) is -0.0596. The van der Waals surface area contributed by atoms with Gasteiger partial charge in [0, 0.05) is 11.0 Å². The van der Waals surface area contributed by atoms with E-state index in [0.717, 1.165) is 32.4 Å². The van der Waals surface area contributed by atoms with Gasteiger partial charge in [-0.3, -0.25) is 4.79 Å². The minimum absolute atomic E-state index is 0.0596. The first kappa shape index (κ1) is 17.5. The number of imidazole rings is 1. The Hall–Kier alpha value is -2.92. The van der Waals surface area contributed by atoms with Crippen LogP contribution in [0.25, 0.3) is 22.8 Å². The number of benzene rings is 2. The number of hydrogen-bond acceptors (Lipinski definition) is 2. The molecule has 2 aromatic heterocycles. The topological polar surface area (TPSA) is 39.3 Å². The molecular weight excluding hydrogens is 402 g/mol. The third-order valence-electron chi connectivity index (χ3n) is 4.53. The third kappa shape index (κ3) is 3.04. The van der Waals surface area contributed by atoms with Crippen molar-refractivity contribution in [3.8, 4) is 0 Å². The van der Waals surface area contributed by atoms with E-state index < -0.39 is 0 Å². The molecule has 0 radical (unpaired) electrons. The number of rotatable bonds is 5. The Bertz CT molecular complexity index is 1210. The Morgan fingerprint density at radius 2 is 1.96 bits per heavy atom. The van der Waals surface area contributed by atoms with E-state index in [1.807, 2.05) is 72.1 Å². The summed E-state index contributed by atoms with van der Waals surface area (Å²) in [6.45, 7) is 6.34. The third-order valence-corrected chi connectivity index (χ3v) is 5.02. The van der Waals surface area contributed by atoms with E-state index in [4.69, 9.17) is 0 Å². The van der Waals surface area contributed by atoms with Gasteiger partial charge in [-0.1, -0.05) is 52.3 Å². The predicted molar refractivity (Wildman–Crippen MR) is 113 cm³/mol. The SMILES string of the molecule is C=CCn1c2ccccc2n2nc(C)c(C(=O)/C=C/c3cccc(Br)c3)c12. The summed E-state index contributed by atoms with van der Waals surface area (Å²) in [6.07, 6.45) is 5.28. The normalized spacial score (nSPS) is 11.6. The van der Waals surface area contributed by atoms with Crippen molar-refractivity contribution < 1.29 is 4.79 Å². The zero-order valence-electron chi connectivity index (χ0n) is 14.9. The summed E-state index contributed by atoms with van der Waals surface area (Å²) in [6, 6.07) is 15.9. The molecule has 5 heteroatoms. The van der Waals surface area contributed by atoms with Crippen LogP contribution in [-0.4, -0.2) is 20.0 Å². The number of nitrogens with zero attached hydrogens (tertiary/aromatic N) is 3. The molecule has 0 bridgehead atoms. The molecule has 0 aliphatic rings. The number of aromatic nitrogens is 3. The van der Waals surface area contributed by atoms with Gasteiger partial charge in [-0.2, -0.15) is 5.10 Å². The summed E-state index contributed by atoms with van der Waals surface area (Å²) < 4.78 is 4.92. The Labute approximate surface area is 165 Å². The molecule has 0 unspecified atom stereocenters. The average Bonchev–Trinajstić information content (AvgIpc) is 3.14. The fourth-order valence-corrected chi connectivity index (χ4v) is 3.80. The maximum atomic E-state index is 13.0. The van der Waals surface area contributed by atoms with Gasteiger partial charge in [0.05, 0.1) is 22.3 Å². The zero-order valence-corrected chi connectivity index (χ0v) is 16.5. The van der Waals surface area contributed by atoms with Gasteiger partial charge in [0.15, 0.2) is 5.78 Å². The second-order valence-corrected chi connectivity index (χ2v) is 7.25. The second-order valence-electron chi connectivity index (χ2n) is 6.34. The number of carbonyl (C=O) groups excluding carboxylic acids is 1. The number of ketones is 1. The molecule has 0 amide bonds. The number of fused-ring (bicyclic) bond motifs is 3. The lowest BCUT2D eigenvalue weighted by Crippen LogP contribution is -2.02. The summed E-state index contributed by atoms with van der Waals surface area (Å²) >= 11 is 3.45. The van der Waals surface area contributed by atoms with Crippen LogP contribution < -0.4 is 0 Å². The highest BCUT2D eigenvalue weighted by Crippen LogP contribution is 2.26. The predicted octanol–water partition coefficient (Wildman–Crippen LogP) is 5.44. The largest absolute Gasteiger partial charge is 0.320 e. The van der Waals surface area contributed by atoms with Crippen LogP contribution in [0.4, 0.5) is 0 Å². The van der Waals surface area contributed by atoms with Gasteiger partial charge in [0.25, 0.3) is 0 Å². The fourth-order valence-electron chi connectivity index (χ4n) is 3.39. The summed E-state index contributed by atoms with van der Waals surface area (Å²) in [5.41, 5.74) is 5.12. The monoisotopic (exact) mass is 419 g/mol. The van der Waals surface area contributed by atoms with Crippen molar-refractivity contribution in [1.29, 1.82) is 0 Å². The summed E-state index contributed by atoms with van der Waals surface area (Å²) in [4.78, 5) is 13.0. The van der Waals surface area contributed by atoms with Crippen LogP contribution in [0.15, 0.2) is 71.7 Å². The van der Waals surface area contributed by atoms with E-state index in [1.54, 1.807) is 6.08 Å². The standard InChI is InChI=1S/C22H18BrN3O/c1-3-13-25-18-9-4-5-10-19(18)26-22(25)21(15(2)24-26)20(27)12-11-16-7-6-8-17(23)14-16/h3-12,14H,1,13H2,2H3/b12-11+. The second kappa shape index (κ2) is 7.00. The van der Waals surface area contributed by atoms with Gasteiger partial charge in [-0.25, -0.2) is 4.52 Å². The molecule has 4 aromatic rings. The van der Waals surface area contributed by atoms with Crippen molar-refractivity contribution in [2.24, 2.45) is 0 Å². The molecule has 27 heavy (non-hydrogen) atoms. The fraction of sp³-hybridized carbons (Fsp3) is 0.0909. The number of hydrogen-bond donors (Lipinski definition) is 0. The minimum Gasteiger partial charge on any atom is -0.320 e. The van der Waals surface area contributed by atoms with Gasteiger partial charge in [-0.05, 0) is 42.8 Å². The van der Waals surface area contributed by atoms with Crippen LogP contribution in [0.3, 0.4) is 0 Å². The highest BCUT2D eigenvalue weighted by atomic mass is 79.9. The molecule has 0 spiro atoms. The molecule has 0 atom stereocenters. The number of halogens is 1. The maximum absolute atomic E-state index is 13.0. The highest BCUT2D eigenvalue weighted by Gasteiger charge is 2.21. The Balaban J connectivity index is 1.87. The van der Waals surface area contributed by atoms with E-state index in [9.17, 15) is 4.79 Å². The number of para-hydroxylation sites is 2. The number of aryl methyl sites for hydroxylation is 1. The van der Waals surface area contributed by atoms with Crippen LogP contribution in [-0.2, 0) is 6.54 Å². The first-order valence-corrected chi connectivity index (χ1v) is 9.45. The minimum atomic E-state index is -0.0596. The smallest absolute Gasteiger partial charge is 0.191 e. The van der Waals surface area contributed by atoms with Crippen molar-refractivity contribution in [2.75, 3.05) is 0 Å². The molecule has 0 saturated heterocycles. The lowest BCUT2D eigenvalue weighted by atomic mass is 10.1. The van der Waals surface area contributed by atoms with E-state index >= 15 is 0 Å². The first-order valence-electron chi connectivity index (χ1n) is 8.65. The van der Waals surface area contributed by atoms with Crippen LogP contribution in [0, 0.1) is 6.92 Å². The van der Waals surface area contributed by atoms with Crippen molar-refractivity contribution >= 4 is 44.5 Å². The van der Waals surface area contributed by atoms with Gasteiger partial charge < -0.3 is 4.57 Å². The molecule has 2 heterocycles. The molecular formula is C22H18BrN3O. The Morgan fingerprint density at radius 3 is 2.70 bits per heavy atom. The van der Waals surface area contributed by atoms with Gasteiger partial charge in [0.2, 0.25) is 0 Å². The zero-order chi connectivity index (χ0) is 19.0. The van der Waals surface area contributed by atoms with Crippen molar-refractivity contribution in [3.05, 3.63) is 88.6 Å².